The van der Waals surface area contributed by atoms with Crippen LogP contribution in [-0.4, -0.2) is 24.0 Å². The third-order valence-corrected chi connectivity index (χ3v) is 2.70. The first-order valence-electron chi connectivity index (χ1n) is 6.07. The van der Waals surface area contributed by atoms with Gasteiger partial charge in [-0.3, -0.25) is 9.78 Å². The van der Waals surface area contributed by atoms with Crippen molar-refractivity contribution in [1.82, 2.24) is 10.3 Å². The van der Waals surface area contributed by atoms with E-state index >= 15 is 0 Å². The van der Waals surface area contributed by atoms with Crippen molar-refractivity contribution in [2.45, 2.75) is 6.54 Å². The van der Waals surface area contributed by atoms with Crippen LogP contribution >= 0.6 is 0 Å². The highest BCUT2D eigenvalue weighted by Crippen LogP contribution is 2.04. The number of amides is 1. The fourth-order valence-electron chi connectivity index (χ4n) is 1.68. The zero-order valence-corrected chi connectivity index (χ0v) is 11.0. The molecular weight excluding hydrogens is 256 g/mol. The molecule has 5 nitrogen and oxygen atoms in total. The van der Waals surface area contributed by atoms with Crippen LogP contribution in [0.5, 0.6) is 0 Å². The maximum absolute atomic E-state index is 11.9. The van der Waals surface area contributed by atoms with E-state index < -0.39 is 5.97 Å². The highest BCUT2D eigenvalue weighted by Gasteiger charge is 2.08. The Morgan fingerprint density at radius 1 is 1.15 bits per heavy atom. The molecule has 5 heteroatoms. The second-order valence-corrected chi connectivity index (χ2v) is 4.08. The minimum absolute atomic E-state index is 0.184. The summed E-state index contributed by atoms with van der Waals surface area (Å²) in [6.45, 7) is 0.249. The van der Waals surface area contributed by atoms with Crippen molar-refractivity contribution in [2.24, 2.45) is 0 Å². The van der Waals surface area contributed by atoms with E-state index in [1.165, 1.54) is 13.3 Å². The zero-order chi connectivity index (χ0) is 14.4. The lowest BCUT2D eigenvalue weighted by atomic mass is 10.2. The van der Waals surface area contributed by atoms with Crippen LogP contribution < -0.4 is 5.32 Å². The number of nitrogens with one attached hydrogen (secondary N) is 1. The second kappa shape index (κ2) is 6.47. The summed E-state index contributed by atoms with van der Waals surface area (Å²) in [6.07, 6.45) is 1.51. The van der Waals surface area contributed by atoms with Gasteiger partial charge < -0.3 is 10.1 Å². The minimum Gasteiger partial charge on any atom is -0.465 e. The van der Waals surface area contributed by atoms with Gasteiger partial charge in [0.1, 0.15) is 0 Å². The summed E-state index contributed by atoms with van der Waals surface area (Å²) in [5, 5.41) is 2.75. The van der Waals surface area contributed by atoms with Gasteiger partial charge in [-0.2, -0.15) is 0 Å². The van der Waals surface area contributed by atoms with Crippen LogP contribution in [0.2, 0.25) is 0 Å². The van der Waals surface area contributed by atoms with Crippen LogP contribution in [0.15, 0.2) is 48.7 Å². The van der Waals surface area contributed by atoms with E-state index in [1.807, 2.05) is 6.07 Å². The van der Waals surface area contributed by atoms with E-state index in [1.54, 1.807) is 36.4 Å². The topological polar surface area (TPSA) is 68.3 Å². The Balaban J connectivity index is 2.01. The average molecular weight is 270 g/mol. The fraction of sp³-hybridized carbons (Fsp3) is 0.133. The first-order valence-corrected chi connectivity index (χ1v) is 6.07. The molecule has 2 aromatic rings. The summed E-state index contributed by atoms with van der Waals surface area (Å²) in [4.78, 5) is 27.3. The zero-order valence-electron chi connectivity index (χ0n) is 11.0. The molecule has 0 saturated heterocycles. The predicted molar refractivity (Wildman–Crippen MR) is 73.2 cm³/mol. The average Bonchev–Trinajstić information content (AvgIpc) is 2.53. The number of hydrogen-bond acceptors (Lipinski definition) is 4. The number of hydrogen-bond donors (Lipinski definition) is 1. The SMILES string of the molecule is COC(=O)c1ccnc(CNC(=O)c2ccccc2)c1. The van der Waals surface area contributed by atoms with Crippen molar-refractivity contribution in [3.63, 3.8) is 0 Å². The largest absolute Gasteiger partial charge is 0.465 e. The van der Waals surface area contributed by atoms with E-state index in [0.717, 1.165) is 0 Å². The maximum Gasteiger partial charge on any atom is 0.337 e. The van der Waals surface area contributed by atoms with Crippen LogP contribution in [0.3, 0.4) is 0 Å². The summed E-state index contributed by atoms with van der Waals surface area (Å²) in [5.41, 5.74) is 1.58. The van der Waals surface area contributed by atoms with Gasteiger partial charge in [-0.1, -0.05) is 18.2 Å². The van der Waals surface area contributed by atoms with Crippen molar-refractivity contribution in [3.8, 4) is 0 Å². The van der Waals surface area contributed by atoms with Gasteiger partial charge in [0.2, 0.25) is 0 Å². The molecule has 1 aromatic carbocycles. The van der Waals surface area contributed by atoms with Gasteiger partial charge in [0.05, 0.1) is 24.9 Å². The van der Waals surface area contributed by atoms with E-state index in [4.69, 9.17) is 0 Å². The normalized spacial score (nSPS) is 9.85. The molecule has 0 bridgehead atoms. The van der Waals surface area contributed by atoms with Gasteiger partial charge in [0.15, 0.2) is 0 Å². The molecule has 0 unspecified atom stereocenters. The Labute approximate surface area is 116 Å². The smallest absolute Gasteiger partial charge is 0.337 e. The van der Waals surface area contributed by atoms with Gasteiger partial charge in [-0.05, 0) is 24.3 Å². The van der Waals surface area contributed by atoms with Crippen LogP contribution in [0.25, 0.3) is 0 Å². The monoisotopic (exact) mass is 270 g/mol. The van der Waals surface area contributed by atoms with Gasteiger partial charge >= 0.3 is 5.97 Å². The molecule has 2 rings (SSSR count). The summed E-state index contributed by atoms with van der Waals surface area (Å²) in [5.74, 6) is -0.612. The number of aromatic nitrogens is 1. The number of esters is 1. The molecule has 102 valence electrons. The van der Waals surface area contributed by atoms with E-state index in [0.29, 0.717) is 16.8 Å². The molecule has 1 N–H and O–H groups in total. The van der Waals surface area contributed by atoms with Crippen molar-refractivity contribution < 1.29 is 14.3 Å². The van der Waals surface area contributed by atoms with Crippen LogP contribution in [0.1, 0.15) is 26.4 Å². The Kier molecular flexibility index (Phi) is 4.44. The molecule has 0 radical (unpaired) electrons. The van der Waals surface area contributed by atoms with E-state index in [2.05, 4.69) is 15.0 Å². The fourth-order valence-corrected chi connectivity index (χ4v) is 1.68. The summed E-state index contributed by atoms with van der Waals surface area (Å²) in [6, 6.07) is 12.1. The third-order valence-electron chi connectivity index (χ3n) is 2.70. The van der Waals surface area contributed by atoms with Crippen LogP contribution in [-0.2, 0) is 11.3 Å². The first kappa shape index (κ1) is 13.7. The molecule has 1 amide bonds. The molecule has 0 spiro atoms. The Bertz CT molecular complexity index is 612. The maximum atomic E-state index is 11.9. The van der Waals surface area contributed by atoms with E-state index in [-0.39, 0.29) is 12.5 Å². The molecule has 20 heavy (non-hydrogen) atoms. The van der Waals surface area contributed by atoms with Crippen LogP contribution in [0.4, 0.5) is 0 Å². The highest BCUT2D eigenvalue weighted by molar-refractivity contribution is 5.94. The minimum atomic E-state index is -0.428. The molecule has 0 aliphatic rings. The molecule has 1 aromatic heterocycles. The quantitative estimate of drug-likeness (QED) is 0.860. The number of pyridine rings is 1. The number of carbonyl (C=O) groups is 2. The second-order valence-electron chi connectivity index (χ2n) is 4.08. The van der Waals surface area contributed by atoms with Gasteiger partial charge in [-0.15, -0.1) is 0 Å². The molecule has 0 fully saturated rings. The van der Waals surface area contributed by atoms with Crippen molar-refractivity contribution in [1.29, 1.82) is 0 Å². The highest BCUT2D eigenvalue weighted by atomic mass is 16.5. The Morgan fingerprint density at radius 2 is 1.90 bits per heavy atom. The standard InChI is InChI=1S/C15H14N2O3/c1-20-15(19)12-7-8-16-13(9-12)10-17-14(18)11-5-3-2-4-6-11/h2-9H,10H2,1H3,(H,17,18). The Morgan fingerprint density at radius 3 is 2.60 bits per heavy atom. The third kappa shape index (κ3) is 3.41. The lowest BCUT2D eigenvalue weighted by Crippen LogP contribution is -2.23. The van der Waals surface area contributed by atoms with Gasteiger partial charge in [0, 0.05) is 11.8 Å². The number of ether oxygens (including phenoxy) is 1. The molecule has 1 heterocycles. The number of rotatable bonds is 4. The first-order chi connectivity index (χ1) is 9.70. The molecule has 0 saturated carbocycles. The molecule has 0 atom stereocenters. The number of nitrogens with zero attached hydrogens (tertiary/aromatic N) is 1. The number of methoxy groups -OCH3 is 1. The molecular formula is C15H14N2O3. The number of benzene rings is 1. The summed E-state index contributed by atoms with van der Waals surface area (Å²) >= 11 is 0. The molecule has 0 aliphatic carbocycles. The van der Waals surface area contributed by atoms with Gasteiger partial charge in [0.25, 0.3) is 5.91 Å². The van der Waals surface area contributed by atoms with Crippen LogP contribution in [0, 0.1) is 0 Å². The van der Waals surface area contributed by atoms with Crippen molar-refractivity contribution >= 4 is 11.9 Å². The predicted octanol–water partition coefficient (Wildman–Crippen LogP) is 1.80. The lowest BCUT2D eigenvalue weighted by molar-refractivity contribution is 0.0600. The Hall–Kier alpha value is -2.69. The van der Waals surface area contributed by atoms with Crippen molar-refractivity contribution in [2.75, 3.05) is 7.11 Å². The van der Waals surface area contributed by atoms with Crippen molar-refractivity contribution in [3.05, 3.63) is 65.5 Å². The summed E-state index contributed by atoms with van der Waals surface area (Å²) in [7, 11) is 1.32. The molecule has 0 aliphatic heterocycles. The van der Waals surface area contributed by atoms with Gasteiger partial charge in [-0.25, -0.2) is 4.79 Å². The number of carbonyl (C=O) groups excluding carboxylic acids is 2. The van der Waals surface area contributed by atoms with E-state index in [9.17, 15) is 9.59 Å². The summed E-state index contributed by atoms with van der Waals surface area (Å²) < 4.78 is 4.63. The lowest BCUT2D eigenvalue weighted by Gasteiger charge is -2.06.